The van der Waals surface area contributed by atoms with Crippen LogP contribution >= 0.6 is 0 Å². The van der Waals surface area contributed by atoms with Crippen molar-refractivity contribution < 1.29 is 33.5 Å². The molecule has 0 amide bonds. The van der Waals surface area contributed by atoms with Crippen LogP contribution < -0.4 is 14.8 Å². The summed E-state index contributed by atoms with van der Waals surface area (Å²) >= 11 is 0. The van der Waals surface area contributed by atoms with E-state index in [4.69, 9.17) is 14.0 Å². The molecule has 10 heteroatoms. The predicted octanol–water partition coefficient (Wildman–Crippen LogP) is 5.36. The van der Waals surface area contributed by atoms with Gasteiger partial charge in [-0.2, -0.15) is 0 Å². The third kappa shape index (κ3) is 5.11. The van der Waals surface area contributed by atoms with Crippen molar-refractivity contribution in [3.8, 4) is 11.6 Å². The Morgan fingerprint density at radius 1 is 0.980 bits per heavy atom. The van der Waals surface area contributed by atoms with E-state index in [9.17, 15) is 19.5 Å². The molecule has 4 aromatic rings. The summed E-state index contributed by atoms with van der Waals surface area (Å²) in [6.07, 6.45) is 2.75. The zero-order chi connectivity index (χ0) is 34.7. The monoisotopic (exact) mass is 675 g/mol. The molecule has 50 heavy (non-hydrogen) atoms. The van der Waals surface area contributed by atoms with Gasteiger partial charge < -0.3 is 24.4 Å². The lowest BCUT2D eigenvalue weighted by Crippen LogP contribution is -2.66. The second-order valence-electron chi connectivity index (χ2n) is 14.4. The molecule has 2 fully saturated rings. The van der Waals surface area contributed by atoms with Gasteiger partial charge >= 0.3 is 0 Å². The first-order valence-corrected chi connectivity index (χ1v) is 17.4. The van der Waals surface area contributed by atoms with E-state index < -0.39 is 46.7 Å². The van der Waals surface area contributed by atoms with E-state index >= 15 is 0 Å². The quantitative estimate of drug-likeness (QED) is 0.236. The largest absolute Gasteiger partial charge is 0.488 e. The second kappa shape index (κ2) is 12.6. The molecular weight excluding hydrogens is 634 g/mol. The average molecular weight is 676 g/mol. The SMILES string of the molecule is Cc1c(C2CCCN2)cc(OCc2ccccc2)c2c1CC1CC3C(N(C)C)c4onc(OCc5ccccc5)c4C(=O)C3(O)C(=O)C1C2=O. The van der Waals surface area contributed by atoms with Gasteiger partial charge in [-0.3, -0.25) is 19.3 Å². The van der Waals surface area contributed by atoms with E-state index in [1.165, 1.54) is 0 Å². The lowest BCUT2D eigenvalue weighted by atomic mass is 9.54. The zero-order valence-electron chi connectivity index (χ0n) is 28.5. The number of hydrogen-bond donors (Lipinski definition) is 2. The van der Waals surface area contributed by atoms with Gasteiger partial charge in [0, 0.05) is 12.0 Å². The molecule has 258 valence electrons. The van der Waals surface area contributed by atoms with Gasteiger partial charge in [-0.15, -0.1) is 0 Å². The standard InChI is InChI=1S/C40H41N3O7/c1-22-26(29-15-10-16-41-29)19-30(48-20-23-11-6-4-7-12-23)32-27(22)17-25-18-28-34(43(2)3)36-33(38(46)40(28,47)37(45)31(25)35(32)44)39(42-50-36)49-21-24-13-8-5-9-14-24/h4-9,11-14,19,25,28-29,31,34,41,47H,10,15-18,20-21H2,1-3H3. The fourth-order valence-electron chi connectivity index (χ4n) is 8.87. The van der Waals surface area contributed by atoms with Crippen molar-refractivity contribution in [2.24, 2.45) is 17.8 Å². The van der Waals surface area contributed by atoms with Crippen LogP contribution in [0.3, 0.4) is 0 Å². The lowest BCUT2D eigenvalue weighted by molar-refractivity contribution is -0.153. The van der Waals surface area contributed by atoms with Gasteiger partial charge in [-0.05, 0) is 98.2 Å². The second-order valence-corrected chi connectivity index (χ2v) is 14.4. The minimum absolute atomic E-state index is 0.0507. The first kappa shape index (κ1) is 32.6. The summed E-state index contributed by atoms with van der Waals surface area (Å²) in [6.45, 7) is 3.33. The van der Waals surface area contributed by atoms with Crippen LogP contribution in [-0.4, -0.2) is 58.8 Å². The maximum Gasteiger partial charge on any atom is 0.265 e. The Labute approximate surface area is 290 Å². The van der Waals surface area contributed by atoms with E-state index in [0.717, 1.165) is 47.2 Å². The highest BCUT2D eigenvalue weighted by atomic mass is 16.5. The van der Waals surface area contributed by atoms with Gasteiger partial charge in [0.2, 0.25) is 5.78 Å². The molecule has 2 N–H and O–H groups in total. The molecule has 8 rings (SSSR count). The molecule has 0 spiro atoms. The number of nitrogens with one attached hydrogen (secondary N) is 1. The van der Waals surface area contributed by atoms with Crippen molar-refractivity contribution in [3.63, 3.8) is 0 Å². The minimum Gasteiger partial charge on any atom is -0.488 e. The number of ether oxygens (including phenoxy) is 2. The number of fused-ring (bicyclic) bond motifs is 4. The highest BCUT2D eigenvalue weighted by molar-refractivity contribution is 6.27. The van der Waals surface area contributed by atoms with Crippen LogP contribution in [0.2, 0.25) is 0 Å². The molecule has 1 aromatic heterocycles. The van der Waals surface area contributed by atoms with Crippen molar-refractivity contribution in [2.75, 3.05) is 20.6 Å². The molecule has 2 heterocycles. The highest BCUT2D eigenvalue weighted by Gasteiger charge is 2.67. The Kier molecular flexibility index (Phi) is 8.20. The Bertz CT molecular complexity index is 1970. The molecule has 3 aromatic carbocycles. The summed E-state index contributed by atoms with van der Waals surface area (Å²) in [4.78, 5) is 45.7. The number of rotatable bonds is 8. The Hall–Kier alpha value is -4.64. The Balaban J connectivity index is 1.19. The van der Waals surface area contributed by atoms with Crippen molar-refractivity contribution in [1.29, 1.82) is 0 Å². The van der Waals surface area contributed by atoms with E-state index in [2.05, 4.69) is 10.5 Å². The minimum atomic E-state index is -2.47. The summed E-state index contributed by atoms with van der Waals surface area (Å²) in [6, 6.07) is 20.6. The number of aliphatic hydroxyl groups is 1. The molecule has 1 saturated heterocycles. The predicted molar refractivity (Wildman–Crippen MR) is 183 cm³/mol. The van der Waals surface area contributed by atoms with E-state index in [-0.39, 0.29) is 42.9 Å². The van der Waals surface area contributed by atoms with Crippen molar-refractivity contribution in [3.05, 3.63) is 111 Å². The number of carbonyl (C=O) groups excluding carboxylic acids is 3. The first-order valence-electron chi connectivity index (χ1n) is 17.4. The Morgan fingerprint density at radius 3 is 2.30 bits per heavy atom. The number of carbonyl (C=O) groups is 3. The van der Waals surface area contributed by atoms with Crippen LogP contribution in [0.4, 0.5) is 0 Å². The fourth-order valence-corrected chi connectivity index (χ4v) is 8.87. The smallest absolute Gasteiger partial charge is 0.265 e. The molecule has 1 saturated carbocycles. The summed E-state index contributed by atoms with van der Waals surface area (Å²) < 4.78 is 18.2. The fraction of sp³-hybridized carbons (Fsp3) is 0.400. The van der Waals surface area contributed by atoms with Crippen LogP contribution in [-0.2, 0) is 24.4 Å². The average Bonchev–Trinajstić information content (AvgIpc) is 3.81. The van der Waals surface area contributed by atoms with Crippen LogP contribution in [0.25, 0.3) is 0 Å². The molecule has 10 nitrogen and oxygen atoms in total. The number of benzene rings is 3. The molecule has 0 bridgehead atoms. The summed E-state index contributed by atoms with van der Waals surface area (Å²) in [5.41, 5.74) is 2.66. The van der Waals surface area contributed by atoms with Crippen molar-refractivity contribution in [2.45, 2.75) is 63.5 Å². The van der Waals surface area contributed by atoms with Crippen LogP contribution in [0.1, 0.15) is 85.6 Å². The highest BCUT2D eigenvalue weighted by Crippen LogP contribution is 2.56. The van der Waals surface area contributed by atoms with E-state index in [1.807, 2.05) is 92.6 Å². The number of ketones is 3. The number of aromatic nitrogens is 1. The molecule has 1 aliphatic heterocycles. The van der Waals surface area contributed by atoms with Crippen LogP contribution in [0.15, 0.2) is 71.3 Å². The lowest BCUT2D eigenvalue weighted by Gasteiger charge is -2.51. The van der Waals surface area contributed by atoms with Crippen molar-refractivity contribution >= 4 is 17.3 Å². The Morgan fingerprint density at radius 2 is 1.66 bits per heavy atom. The normalized spacial score (nSPS) is 27.1. The topological polar surface area (TPSA) is 131 Å². The van der Waals surface area contributed by atoms with Crippen LogP contribution in [0, 0.1) is 24.7 Å². The van der Waals surface area contributed by atoms with Crippen LogP contribution in [0.5, 0.6) is 11.6 Å². The summed E-state index contributed by atoms with van der Waals surface area (Å²) in [5, 5.41) is 20.1. The molecule has 4 aliphatic rings. The molecular formula is C40H41N3O7. The van der Waals surface area contributed by atoms with Gasteiger partial charge in [0.1, 0.15) is 24.5 Å². The summed E-state index contributed by atoms with van der Waals surface area (Å²) in [7, 11) is 3.63. The maximum atomic E-state index is 14.7. The van der Waals surface area contributed by atoms with Gasteiger partial charge in [-0.1, -0.05) is 60.7 Å². The van der Waals surface area contributed by atoms with E-state index in [0.29, 0.717) is 17.7 Å². The maximum absolute atomic E-state index is 14.7. The molecule has 3 aliphatic carbocycles. The van der Waals surface area contributed by atoms with Gasteiger partial charge in [0.05, 0.1) is 17.5 Å². The third-order valence-electron chi connectivity index (χ3n) is 11.3. The number of hydrogen-bond acceptors (Lipinski definition) is 10. The van der Waals surface area contributed by atoms with E-state index in [1.54, 1.807) is 0 Å². The third-order valence-corrected chi connectivity index (χ3v) is 11.3. The van der Waals surface area contributed by atoms with Crippen molar-refractivity contribution in [1.82, 2.24) is 15.4 Å². The summed E-state index contributed by atoms with van der Waals surface area (Å²) in [5.74, 6) is -3.89. The van der Waals surface area contributed by atoms with Gasteiger partial charge in [-0.25, -0.2) is 0 Å². The molecule has 6 unspecified atom stereocenters. The molecule has 0 radical (unpaired) electrons. The van der Waals surface area contributed by atoms with Gasteiger partial charge in [0.25, 0.3) is 5.88 Å². The van der Waals surface area contributed by atoms with Gasteiger partial charge in [0.15, 0.2) is 22.9 Å². The first-order chi connectivity index (χ1) is 24.2. The number of nitrogens with zero attached hydrogens (tertiary/aromatic N) is 2. The number of Topliss-reactive ketones (excluding diaryl/α,β-unsaturated/α-hetero) is 3. The molecule has 6 atom stereocenters. The zero-order valence-corrected chi connectivity index (χ0v) is 28.5.